The molecule has 1 heterocycles. The largest absolute Gasteiger partial charge is 0.388 e. The molecule has 0 spiro atoms. The van der Waals surface area contributed by atoms with Gasteiger partial charge in [0.25, 0.3) is 0 Å². The fourth-order valence-electron chi connectivity index (χ4n) is 1.53. The third kappa shape index (κ3) is 2.68. The summed E-state index contributed by atoms with van der Waals surface area (Å²) in [4.78, 5) is 8.14. The molecule has 0 unspecified atom stereocenters. The normalized spacial score (nSPS) is 10.6. The quantitative estimate of drug-likeness (QED) is 0.927. The highest BCUT2D eigenvalue weighted by Gasteiger charge is 2.09. The maximum atomic E-state index is 13.7. The molecule has 2 rings (SSSR count). The predicted octanol–water partition coefficient (Wildman–Crippen LogP) is 2.85. The Morgan fingerprint density at radius 3 is 2.76 bits per heavy atom. The summed E-state index contributed by atoms with van der Waals surface area (Å²) in [7, 11) is 0. The second kappa shape index (κ2) is 4.89. The zero-order valence-corrected chi connectivity index (χ0v) is 10.7. The van der Waals surface area contributed by atoms with Crippen molar-refractivity contribution >= 4 is 15.9 Å². The zero-order chi connectivity index (χ0) is 12.4. The van der Waals surface area contributed by atoms with E-state index in [1.165, 1.54) is 6.07 Å². The van der Waals surface area contributed by atoms with Gasteiger partial charge in [-0.15, -0.1) is 0 Å². The molecule has 2 aromatic rings. The van der Waals surface area contributed by atoms with E-state index in [1.54, 1.807) is 25.1 Å². The topological polar surface area (TPSA) is 46.0 Å². The van der Waals surface area contributed by atoms with Gasteiger partial charge in [-0.3, -0.25) is 0 Å². The van der Waals surface area contributed by atoms with Crippen molar-refractivity contribution in [2.45, 2.75) is 13.5 Å². The van der Waals surface area contributed by atoms with E-state index in [2.05, 4.69) is 25.9 Å². The maximum Gasteiger partial charge on any atom is 0.154 e. The van der Waals surface area contributed by atoms with Crippen LogP contribution < -0.4 is 0 Å². The average molecular weight is 297 g/mol. The highest BCUT2D eigenvalue weighted by molar-refractivity contribution is 9.10. The van der Waals surface area contributed by atoms with Crippen molar-refractivity contribution in [3.8, 4) is 11.3 Å². The van der Waals surface area contributed by atoms with Gasteiger partial charge < -0.3 is 5.11 Å². The van der Waals surface area contributed by atoms with Crippen molar-refractivity contribution in [2.24, 2.45) is 0 Å². The van der Waals surface area contributed by atoms with Gasteiger partial charge in [-0.05, 0) is 31.2 Å². The van der Waals surface area contributed by atoms with Gasteiger partial charge in [0.2, 0.25) is 0 Å². The van der Waals surface area contributed by atoms with E-state index in [0.717, 1.165) is 4.47 Å². The van der Waals surface area contributed by atoms with Gasteiger partial charge in [0.05, 0.1) is 5.69 Å². The number of benzene rings is 1. The standard InChI is InChI=1S/C12H10BrFN2O/c1-7-4-11(16-12(6-17)15-7)9-5-8(13)2-3-10(9)14/h2-5,17H,6H2,1H3. The summed E-state index contributed by atoms with van der Waals surface area (Å²) in [6.45, 7) is 1.52. The van der Waals surface area contributed by atoms with Crippen LogP contribution in [0.5, 0.6) is 0 Å². The molecule has 88 valence electrons. The highest BCUT2D eigenvalue weighted by Crippen LogP contribution is 2.25. The molecular weight excluding hydrogens is 287 g/mol. The Hall–Kier alpha value is -1.33. The fraction of sp³-hybridized carbons (Fsp3) is 0.167. The molecule has 0 aliphatic rings. The van der Waals surface area contributed by atoms with Crippen LogP contribution in [0, 0.1) is 12.7 Å². The molecule has 0 bridgehead atoms. The molecule has 5 heteroatoms. The van der Waals surface area contributed by atoms with Crippen molar-refractivity contribution in [3.63, 3.8) is 0 Å². The monoisotopic (exact) mass is 296 g/mol. The van der Waals surface area contributed by atoms with E-state index < -0.39 is 0 Å². The lowest BCUT2D eigenvalue weighted by molar-refractivity contribution is 0.271. The van der Waals surface area contributed by atoms with Crippen LogP contribution in [0.1, 0.15) is 11.5 Å². The summed E-state index contributed by atoms with van der Waals surface area (Å²) >= 11 is 3.29. The third-order valence-electron chi connectivity index (χ3n) is 2.25. The van der Waals surface area contributed by atoms with E-state index in [0.29, 0.717) is 22.8 Å². The Bertz CT molecular complexity index is 560. The first kappa shape index (κ1) is 12.1. The molecule has 1 aromatic carbocycles. The summed E-state index contributed by atoms with van der Waals surface area (Å²) in [6.07, 6.45) is 0. The smallest absolute Gasteiger partial charge is 0.154 e. The molecule has 0 saturated heterocycles. The van der Waals surface area contributed by atoms with E-state index >= 15 is 0 Å². The van der Waals surface area contributed by atoms with Gasteiger partial charge in [0, 0.05) is 15.7 Å². The first-order chi connectivity index (χ1) is 8.10. The molecule has 0 radical (unpaired) electrons. The number of aliphatic hydroxyl groups is 1. The molecule has 1 aromatic heterocycles. The minimum absolute atomic E-state index is 0.260. The Morgan fingerprint density at radius 1 is 1.29 bits per heavy atom. The van der Waals surface area contributed by atoms with Gasteiger partial charge in [0.1, 0.15) is 12.4 Å². The van der Waals surface area contributed by atoms with Crippen LogP contribution in [0.15, 0.2) is 28.7 Å². The molecule has 0 fully saturated rings. The second-order valence-electron chi connectivity index (χ2n) is 3.59. The van der Waals surface area contributed by atoms with E-state index in [4.69, 9.17) is 5.11 Å². The first-order valence-electron chi connectivity index (χ1n) is 5.01. The summed E-state index contributed by atoms with van der Waals surface area (Å²) in [5, 5.41) is 9.03. The number of aromatic nitrogens is 2. The number of aliphatic hydroxyl groups excluding tert-OH is 1. The average Bonchev–Trinajstić information content (AvgIpc) is 2.31. The molecule has 0 amide bonds. The summed E-state index contributed by atoms with van der Waals surface area (Å²) in [5.41, 5.74) is 1.55. The van der Waals surface area contributed by atoms with Crippen molar-refractivity contribution in [2.75, 3.05) is 0 Å². The summed E-state index contributed by atoms with van der Waals surface area (Å²) in [6, 6.07) is 6.33. The van der Waals surface area contributed by atoms with Gasteiger partial charge in [0.15, 0.2) is 5.82 Å². The lowest BCUT2D eigenvalue weighted by atomic mass is 10.1. The summed E-state index contributed by atoms with van der Waals surface area (Å²) in [5.74, 6) is -0.0606. The lowest BCUT2D eigenvalue weighted by Crippen LogP contribution is -1.99. The number of hydrogen-bond acceptors (Lipinski definition) is 3. The van der Waals surface area contributed by atoms with Gasteiger partial charge in [-0.1, -0.05) is 15.9 Å². The molecule has 0 saturated carbocycles. The van der Waals surface area contributed by atoms with E-state index in [1.807, 2.05) is 0 Å². The van der Waals surface area contributed by atoms with Crippen molar-refractivity contribution in [3.05, 3.63) is 46.1 Å². The lowest BCUT2D eigenvalue weighted by Gasteiger charge is -2.06. The van der Waals surface area contributed by atoms with Gasteiger partial charge in [-0.25, -0.2) is 14.4 Å². The van der Waals surface area contributed by atoms with Crippen LogP contribution in [-0.2, 0) is 6.61 Å². The number of hydrogen-bond donors (Lipinski definition) is 1. The van der Waals surface area contributed by atoms with Gasteiger partial charge >= 0.3 is 0 Å². The number of rotatable bonds is 2. The molecule has 0 atom stereocenters. The van der Waals surface area contributed by atoms with Crippen LogP contribution in [-0.4, -0.2) is 15.1 Å². The Morgan fingerprint density at radius 2 is 2.06 bits per heavy atom. The molecule has 1 N–H and O–H groups in total. The third-order valence-corrected chi connectivity index (χ3v) is 2.74. The van der Waals surface area contributed by atoms with Crippen LogP contribution in [0.25, 0.3) is 11.3 Å². The fourth-order valence-corrected chi connectivity index (χ4v) is 1.89. The van der Waals surface area contributed by atoms with E-state index in [-0.39, 0.29) is 12.4 Å². The number of halogens is 2. The molecule has 17 heavy (non-hydrogen) atoms. The molecular formula is C12H10BrFN2O. The SMILES string of the molecule is Cc1cc(-c2cc(Br)ccc2F)nc(CO)n1. The first-order valence-corrected chi connectivity index (χ1v) is 5.80. The van der Waals surface area contributed by atoms with Crippen molar-refractivity contribution < 1.29 is 9.50 Å². The van der Waals surface area contributed by atoms with E-state index in [9.17, 15) is 4.39 Å². The summed E-state index contributed by atoms with van der Waals surface area (Å²) < 4.78 is 14.5. The molecule has 0 aliphatic heterocycles. The van der Waals surface area contributed by atoms with Gasteiger partial charge in [-0.2, -0.15) is 0 Å². The van der Waals surface area contributed by atoms with Crippen LogP contribution in [0.3, 0.4) is 0 Å². The minimum atomic E-state index is -0.352. The van der Waals surface area contributed by atoms with Crippen LogP contribution in [0.4, 0.5) is 4.39 Å². The van der Waals surface area contributed by atoms with Crippen molar-refractivity contribution in [1.29, 1.82) is 0 Å². The van der Waals surface area contributed by atoms with Crippen molar-refractivity contribution in [1.82, 2.24) is 9.97 Å². The van der Waals surface area contributed by atoms with Crippen LogP contribution in [0.2, 0.25) is 0 Å². The molecule has 0 aliphatic carbocycles. The van der Waals surface area contributed by atoms with Crippen LogP contribution >= 0.6 is 15.9 Å². The second-order valence-corrected chi connectivity index (χ2v) is 4.51. The maximum absolute atomic E-state index is 13.7. The predicted molar refractivity (Wildman–Crippen MR) is 65.8 cm³/mol. The Labute approximate surface area is 106 Å². The zero-order valence-electron chi connectivity index (χ0n) is 9.11. The highest BCUT2D eigenvalue weighted by atomic mass is 79.9. The Kier molecular flexibility index (Phi) is 3.49. The number of nitrogens with zero attached hydrogens (tertiary/aromatic N) is 2. The molecule has 3 nitrogen and oxygen atoms in total. The number of aryl methyl sites for hydroxylation is 1. The minimum Gasteiger partial charge on any atom is -0.388 e. The Balaban J connectivity index is 2.59.